The minimum atomic E-state index is -0.0815. The Hall–Kier alpha value is -1.62. The summed E-state index contributed by atoms with van der Waals surface area (Å²) in [5.41, 5.74) is 0.518. The Morgan fingerprint density at radius 1 is 1.30 bits per heavy atom. The average Bonchev–Trinajstić information content (AvgIpc) is 2.44. The maximum atomic E-state index is 12.2. The molecule has 0 atom stereocenters. The standard InChI is InChI=1S/C15H23N3O2/c1-16-15(8-4-3-5-9-15)10-13(19)17-12-6-7-14(20)18(2)11-12/h6-7,11,16H,3-5,8-10H2,1-2H3,(H,17,19). The molecule has 1 aromatic rings. The molecule has 0 unspecified atom stereocenters. The lowest BCUT2D eigenvalue weighted by atomic mass is 9.79. The number of hydrogen-bond acceptors (Lipinski definition) is 3. The molecule has 20 heavy (non-hydrogen) atoms. The Morgan fingerprint density at radius 3 is 2.60 bits per heavy atom. The highest BCUT2D eigenvalue weighted by molar-refractivity contribution is 5.91. The van der Waals surface area contributed by atoms with E-state index in [1.165, 1.54) is 29.9 Å². The molecule has 1 saturated carbocycles. The minimum absolute atomic E-state index is 0.0000935. The molecule has 0 spiro atoms. The summed E-state index contributed by atoms with van der Waals surface area (Å²) in [6, 6.07) is 3.11. The number of carbonyl (C=O) groups is 1. The average molecular weight is 277 g/mol. The SMILES string of the molecule is CNC1(CC(=O)Nc2ccc(=O)n(C)c2)CCCCC1. The van der Waals surface area contributed by atoms with Crippen molar-refractivity contribution in [1.82, 2.24) is 9.88 Å². The van der Waals surface area contributed by atoms with Crippen molar-refractivity contribution in [3.63, 3.8) is 0 Å². The van der Waals surface area contributed by atoms with Crippen LogP contribution in [0, 0.1) is 0 Å². The predicted octanol–water partition coefficient (Wildman–Crippen LogP) is 1.64. The largest absolute Gasteiger partial charge is 0.325 e. The van der Waals surface area contributed by atoms with Crippen LogP contribution in [0.4, 0.5) is 5.69 Å². The summed E-state index contributed by atoms with van der Waals surface area (Å²) in [6.45, 7) is 0. The van der Waals surface area contributed by atoms with Crippen LogP contribution in [0.2, 0.25) is 0 Å². The number of aromatic nitrogens is 1. The monoisotopic (exact) mass is 277 g/mol. The van der Waals surface area contributed by atoms with Gasteiger partial charge in [-0.1, -0.05) is 19.3 Å². The summed E-state index contributed by atoms with van der Waals surface area (Å²) in [5.74, 6) is -0.0000935. The molecule has 2 rings (SSSR count). The quantitative estimate of drug-likeness (QED) is 0.879. The molecular formula is C15H23N3O2. The van der Waals surface area contributed by atoms with Crippen molar-refractivity contribution >= 4 is 11.6 Å². The molecule has 1 amide bonds. The van der Waals surface area contributed by atoms with Crippen LogP contribution in [-0.2, 0) is 11.8 Å². The summed E-state index contributed by atoms with van der Waals surface area (Å²) in [7, 11) is 3.61. The van der Waals surface area contributed by atoms with E-state index in [1.54, 1.807) is 19.3 Å². The number of carbonyl (C=O) groups excluding carboxylic acids is 1. The normalized spacial score (nSPS) is 17.7. The van der Waals surface area contributed by atoms with Gasteiger partial charge in [-0.25, -0.2) is 0 Å². The summed E-state index contributed by atoms with van der Waals surface area (Å²) < 4.78 is 1.46. The number of pyridine rings is 1. The summed E-state index contributed by atoms with van der Waals surface area (Å²) >= 11 is 0. The topological polar surface area (TPSA) is 63.1 Å². The van der Waals surface area contributed by atoms with Crippen LogP contribution < -0.4 is 16.2 Å². The maximum Gasteiger partial charge on any atom is 0.250 e. The highest BCUT2D eigenvalue weighted by Crippen LogP contribution is 2.30. The first-order valence-electron chi connectivity index (χ1n) is 7.20. The zero-order valence-corrected chi connectivity index (χ0v) is 12.2. The van der Waals surface area contributed by atoms with Crippen molar-refractivity contribution in [3.05, 3.63) is 28.7 Å². The van der Waals surface area contributed by atoms with E-state index in [-0.39, 0.29) is 17.0 Å². The van der Waals surface area contributed by atoms with E-state index in [1.807, 2.05) is 7.05 Å². The molecular weight excluding hydrogens is 254 g/mol. The van der Waals surface area contributed by atoms with Gasteiger partial charge in [0.05, 0.1) is 5.69 Å². The van der Waals surface area contributed by atoms with E-state index in [2.05, 4.69) is 10.6 Å². The van der Waals surface area contributed by atoms with Gasteiger partial charge in [0, 0.05) is 31.3 Å². The number of nitrogens with one attached hydrogen (secondary N) is 2. The van der Waals surface area contributed by atoms with Crippen LogP contribution in [0.3, 0.4) is 0 Å². The Kier molecular flexibility index (Phi) is 4.60. The zero-order chi connectivity index (χ0) is 14.6. The first-order valence-corrected chi connectivity index (χ1v) is 7.20. The third-order valence-electron chi connectivity index (χ3n) is 4.21. The maximum absolute atomic E-state index is 12.2. The van der Waals surface area contributed by atoms with Gasteiger partial charge in [-0.05, 0) is 26.0 Å². The number of hydrogen-bond donors (Lipinski definition) is 2. The molecule has 1 aliphatic rings. The summed E-state index contributed by atoms with van der Waals surface area (Å²) in [6.07, 6.45) is 7.82. The summed E-state index contributed by atoms with van der Waals surface area (Å²) in [4.78, 5) is 23.5. The van der Waals surface area contributed by atoms with Crippen molar-refractivity contribution < 1.29 is 4.79 Å². The van der Waals surface area contributed by atoms with E-state index in [0.717, 1.165) is 12.8 Å². The van der Waals surface area contributed by atoms with Crippen LogP contribution >= 0.6 is 0 Å². The van der Waals surface area contributed by atoms with Crippen molar-refractivity contribution in [1.29, 1.82) is 0 Å². The van der Waals surface area contributed by atoms with Gasteiger partial charge >= 0.3 is 0 Å². The Bertz CT molecular complexity index is 530. The number of nitrogens with zero attached hydrogens (tertiary/aromatic N) is 1. The lowest BCUT2D eigenvalue weighted by molar-refractivity contribution is -0.117. The fourth-order valence-corrected chi connectivity index (χ4v) is 2.92. The van der Waals surface area contributed by atoms with Gasteiger partial charge in [-0.15, -0.1) is 0 Å². The molecule has 1 heterocycles. The second kappa shape index (κ2) is 6.22. The van der Waals surface area contributed by atoms with Crippen LogP contribution in [0.15, 0.2) is 23.1 Å². The van der Waals surface area contributed by atoms with Crippen LogP contribution in [0.1, 0.15) is 38.5 Å². The van der Waals surface area contributed by atoms with Crippen LogP contribution in [0.5, 0.6) is 0 Å². The van der Waals surface area contributed by atoms with Crippen molar-refractivity contribution in [2.24, 2.45) is 7.05 Å². The molecule has 1 aliphatic carbocycles. The Balaban J connectivity index is 2.00. The Morgan fingerprint density at radius 2 is 2.00 bits per heavy atom. The number of anilines is 1. The van der Waals surface area contributed by atoms with Gasteiger partial charge in [0.25, 0.3) is 0 Å². The molecule has 1 fully saturated rings. The highest BCUT2D eigenvalue weighted by atomic mass is 16.1. The molecule has 2 N–H and O–H groups in total. The molecule has 0 bridgehead atoms. The second-order valence-corrected chi connectivity index (χ2v) is 5.68. The first-order chi connectivity index (χ1) is 9.54. The highest BCUT2D eigenvalue weighted by Gasteiger charge is 2.32. The van der Waals surface area contributed by atoms with Gasteiger partial charge in [0.15, 0.2) is 0 Å². The van der Waals surface area contributed by atoms with Crippen molar-refractivity contribution in [3.8, 4) is 0 Å². The molecule has 110 valence electrons. The third kappa shape index (κ3) is 3.48. The lowest BCUT2D eigenvalue weighted by Crippen LogP contribution is -2.47. The fraction of sp³-hybridized carbons (Fsp3) is 0.600. The zero-order valence-electron chi connectivity index (χ0n) is 12.2. The first kappa shape index (κ1) is 14.8. The van der Waals surface area contributed by atoms with Crippen LogP contribution in [-0.4, -0.2) is 23.1 Å². The lowest BCUT2D eigenvalue weighted by Gasteiger charge is -2.36. The van der Waals surface area contributed by atoms with Gasteiger partial charge in [-0.2, -0.15) is 0 Å². The van der Waals surface area contributed by atoms with Crippen molar-refractivity contribution in [2.45, 2.75) is 44.1 Å². The van der Waals surface area contributed by atoms with Crippen molar-refractivity contribution in [2.75, 3.05) is 12.4 Å². The summed E-state index contributed by atoms with van der Waals surface area (Å²) in [5, 5.41) is 6.22. The Labute approximate surface area is 119 Å². The smallest absolute Gasteiger partial charge is 0.250 e. The van der Waals surface area contributed by atoms with Gasteiger partial charge in [0.2, 0.25) is 11.5 Å². The second-order valence-electron chi connectivity index (χ2n) is 5.68. The molecule has 1 aromatic heterocycles. The minimum Gasteiger partial charge on any atom is -0.325 e. The third-order valence-corrected chi connectivity index (χ3v) is 4.21. The number of amides is 1. The molecule has 0 aromatic carbocycles. The predicted molar refractivity (Wildman–Crippen MR) is 79.8 cm³/mol. The van der Waals surface area contributed by atoms with E-state index in [4.69, 9.17) is 0 Å². The van der Waals surface area contributed by atoms with Gasteiger partial charge < -0.3 is 15.2 Å². The van der Waals surface area contributed by atoms with Crippen LogP contribution in [0.25, 0.3) is 0 Å². The van der Waals surface area contributed by atoms with E-state index in [0.29, 0.717) is 12.1 Å². The molecule has 0 saturated heterocycles. The van der Waals surface area contributed by atoms with Gasteiger partial charge in [-0.3, -0.25) is 9.59 Å². The molecule has 5 nitrogen and oxygen atoms in total. The number of rotatable bonds is 4. The molecule has 0 radical (unpaired) electrons. The molecule has 5 heteroatoms. The van der Waals surface area contributed by atoms with E-state index < -0.39 is 0 Å². The molecule has 0 aliphatic heterocycles. The van der Waals surface area contributed by atoms with E-state index in [9.17, 15) is 9.59 Å². The number of aryl methyl sites for hydroxylation is 1. The fourth-order valence-electron chi connectivity index (χ4n) is 2.92. The van der Waals surface area contributed by atoms with Gasteiger partial charge in [0.1, 0.15) is 0 Å². The van der Waals surface area contributed by atoms with E-state index >= 15 is 0 Å².